The van der Waals surface area contributed by atoms with Gasteiger partial charge >= 0.3 is 0 Å². The van der Waals surface area contributed by atoms with Crippen molar-refractivity contribution in [2.45, 2.75) is 32.2 Å². The minimum atomic E-state index is 0.0865. The van der Waals surface area contributed by atoms with Crippen LogP contribution >= 0.6 is 0 Å². The summed E-state index contributed by atoms with van der Waals surface area (Å²) in [5.74, 6) is 0.169. The SMILES string of the molecule is CC(c1ccncc1)N(C)C(=O)CCCCN. The van der Waals surface area contributed by atoms with E-state index in [1.807, 2.05) is 26.1 Å². The first-order valence-corrected chi connectivity index (χ1v) is 6.02. The lowest BCUT2D eigenvalue weighted by molar-refractivity contribution is -0.131. The highest BCUT2D eigenvalue weighted by molar-refractivity contribution is 5.76. The third-order valence-electron chi connectivity index (χ3n) is 3.01. The van der Waals surface area contributed by atoms with Crippen molar-refractivity contribution >= 4 is 5.91 Å². The molecule has 1 amide bonds. The lowest BCUT2D eigenvalue weighted by atomic mass is 10.1. The molecule has 0 saturated carbocycles. The zero-order valence-electron chi connectivity index (χ0n) is 10.6. The molecular weight excluding hydrogens is 214 g/mol. The van der Waals surface area contributed by atoms with Crippen LogP contribution in [0.2, 0.25) is 0 Å². The number of nitrogens with two attached hydrogens (primary N) is 1. The predicted octanol–water partition coefficient (Wildman–Crippen LogP) is 1.73. The van der Waals surface area contributed by atoms with E-state index in [0.717, 1.165) is 18.4 Å². The van der Waals surface area contributed by atoms with Crippen molar-refractivity contribution in [3.05, 3.63) is 30.1 Å². The summed E-state index contributed by atoms with van der Waals surface area (Å²) in [6.07, 6.45) is 5.84. The molecule has 0 bridgehead atoms. The summed E-state index contributed by atoms with van der Waals surface area (Å²) in [5, 5.41) is 0. The van der Waals surface area contributed by atoms with Crippen molar-refractivity contribution in [2.24, 2.45) is 5.73 Å². The highest BCUT2D eigenvalue weighted by atomic mass is 16.2. The third-order valence-corrected chi connectivity index (χ3v) is 3.01. The molecule has 4 heteroatoms. The lowest BCUT2D eigenvalue weighted by Gasteiger charge is -2.25. The number of hydrogen-bond donors (Lipinski definition) is 1. The molecule has 0 aliphatic heterocycles. The van der Waals surface area contributed by atoms with Crippen molar-refractivity contribution in [1.29, 1.82) is 0 Å². The van der Waals surface area contributed by atoms with E-state index in [9.17, 15) is 4.79 Å². The van der Waals surface area contributed by atoms with Crippen LogP contribution < -0.4 is 5.73 Å². The summed E-state index contributed by atoms with van der Waals surface area (Å²) in [7, 11) is 1.84. The van der Waals surface area contributed by atoms with Crippen LogP contribution in [0.15, 0.2) is 24.5 Å². The molecule has 94 valence electrons. The van der Waals surface area contributed by atoms with Crippen molar-refractivity contribution in [2.75, 3.05) is 13.6 Å². The zero-order valence-corrected chi connectivity index (χ0v) is 10.6. The second-order valence-corrected chi connectivity index (χ2v) is 4.21. The normalized spacial score (nSPS) is 12.2. The van der Waals surface area contributed by atoms with Gasteiger partial charge in [-0.2, -0.15) is 0 Å². The average molecular weight is 235 g/mol. The smallest absolute Gasteiger partial charge is 0.222 e. The first-order valence-electron chi connectivity index (χ1n) is 6.02. The molecule has 17 heavy (non-hydrogen) atoms. The maximum atomic E-state index is 11.9. The fourth-order valence-corrected chi connectivity index (χ4v) is 1.68. The van der Waals surface area contributed by atoms with Crippen molar-refractivity contribution in [3.8, 4) is 0 Å². The second kappa shape index (κ2) is 7.01. The van der Waals surface area contributed by atoms with Gasteiger partial charge in [-0.3, -0.25) is 9.78 Å². The van der Waals surface area contributed by atoms with Crippen LogP contribution in [0.5, 0.6) is 0 Å². The lowest BCUT2D eigenvalue weighted by Crippen LogP contribution is -2.29. The van der Waals surface area contributed by atoms with E-state index in [-0.39, 0.29) is 11.9 Å². The van der Waals surface area contributed by atoms with Crippen LogP contribution in [-0.2, 0) is 4.79 Å². The molecule has 0 radical (unpaired) electrons. The van der Waals surface area contributed by atoms with Crippen molar-refractivity contribution < 1.29 is 4.79 Å². The molecule has 0 aliphatic carbocycles. The van der Waals surface area contributed by atoms with Gasteiger partial charge in [0, 0.05) is 25.9 Å². The standard InChI is InChI=1S/C13H21N3O/c1-11(12-6-9-15-10-7-12)16(2)13(17)5-3-4-8-14/h6-7,9-11H,3-5,8,14H2,1-2H3. The van der Waals surface area contributed by atoms with E-state index >= 15 is 0 Å². The summed E-state index contributed by atoms with van der Waals surface area (Å²) in [4.78, 5) is 17.7. The first-order chi connectivity index (χ1) is 8.16. The highest BCUT2D eigenvalue weighted by Gasteiger charge is 2.16. The number of aromatic nitrogens is 1. The van der Waals surface area contributed by atoms with Crippen LogP contribution in [0.3, 0.4) is 0 Å². The monoisotopic (exact) mass is 235 g/mol. The molecule has 0 saturated heterocycles. The number of carbonyl (C=O) groups is 1. The van der Waals surface area contributed by atoms with Crippen LogP contribution in [-0.4, -0.2) is 29.4 Å². The van der Waals surface area contributed by atoms with Gasteiger partial charge in [0.05, 0.1) is 6.04 Å². The Morgan fingerprint density at radius 2 is 2.06 bits per heavy atom. The summed E-state index contributed by atoms with van der Waals surface area (Å²) >= 11 is 0. The summed E-state index contributed by atoms with van der Waals surface area (Å²) in [5.41, 5.74) is 6.52. The number of nitrogens with zero attached hydrogens (tertiary/aromatic N) is 2. The zero-order chi connectivity index (χ0) is 12.7. The number of carbonyl (C=O) groups excluding carboxylic acids is 1. The van der Waals surface area contributed by atoms with E-state index in [1.165, 1.54) is 0 Å². The van der Waals surface area contributed by atoms with Crippen LogP contribution in [0.25, 0.3) is 0 Å². The molecule has 0 spiro atoms. The summed E-state index contributed by atoms with van der Waals surface area (Å²) < 4.78 is 0. The summed E-state index contributed by atoms with van der Waals surface area (Å²) in [6, 6.07) is 3.96. The van der Waals surface area contributed by atoms with Crippen LogP contribution in [0, 0.1) is 0 Å². The number of pyridine rings is 1. The third kappa shape index (κ3) is 4.15. The van der Waals surface area contributed by atoms with Crippen molar-refractivity contribution in [1.82, 2.24) is 9.88 Å². The Morgan fingerprint density at radius 1 is 1.41 bits per heavy atom. The molecule has 1 unspecified atom stereocenters. The van der Waals surface area contributed by atoms with Gasteiger partial charge in [-0.1, -0.05) is 0 Å². The second-order valence-electron chi connectivity index (χ2n) is 4.21. The van der Waals surface area contributed by atoms with Crippen molar-refractivity contribution in [3.63, 3.8) is 0 Å². The Labute approximate surface area is 103 Å². The van der Waals surface area contributed by atoms with E-state index in [1.54, 1.807) is 17.3 Å². The van der Waals surface area contributed by atoms with E-state index in [0.29, 0.717) is 13.0 Å². The minimum Gasteiger partial charge on any atom is -0.339 e. The maximum absolute atomic E-state index is 11.9. The number of hydrogen-bond acceptors (Lipinski definition) is 3. The number of amides is 1. The molecule has 0 aliphatic rings. The molecule has 0 aromatic carbocycles. The fourth-order valence-electron chi connectivity index (χ4n) is 1.68. The molecule has 0 fully saturated rings. The quantitative estimate of drug-likeness (QED) is 0.764. The van der Waals surface area contributed by atoms with Gasteiger partial charge in [0.15, 0.2) is 0 Å². The Hall–Kier alpha value is -1.42. The number of unbranched alkanes of at least 4 members (excludes halogenated alkanes) is 1. The van der Waals surface area contributed by atoms with Gasteiger partial charge in [-0.05, 0) is 44.0 Å². The molecule has 4 nitrogen and oxygen atoms in total. The number of rotatable bonds is 6. The van der Waals surface area contributed by atoms with Gasteiger partial charge in [-0.15, -0.1) is 0 Å². The molecule has 1 aromatic rings. The minimum absolute atomic E-state index is 0.0865. The van der Waals surface area contributed by atoms with E-state index in [2.05, 4.69) is 4.98 Å². The fraction of sp³-hybridized carbons (Fsp3) is 0.538. The molecule has 2 N–H and O–H groups in total. The molecule has 1 heterocycles. The highest BCUT2D eigenvalue weighted by Crippen LogP contribution is 2.18. The van der Waals surface area contributed by atoms with Crippen LogP contribution in [0.4, 0.5) is 0 Å². The molecular formula is C13H21N3O. The maximum Gasteiger partial charge on any atom is 0.222 e. The average Bonchev–Trinajstić information content (AvgIpc) is 2.38. The largest absolute Gasteiger partial charge is 0.339 e. The van der Waals surface area contributed by atoms with Gasteiger partial charge in [0.25, 0.3) is 0 Å². The first kappa shape index (κ1) is 13.6. The Kier molecular flexibility index (Phi) is 5.63. The Bertz CT molecular complexity index is 340. The Morgan fingerprint density at radius 3 is 2.65 bits per heavy atom. The summed E-state index contributed by atoms with van der Waals surface area (Å²) in [6.45, 7) is 2.67. The molecule has 1 rings (SSSR count). The van der Waals surface area contributed by atoms with E-state index < -0.39 is 0 Å². The van der Waals surface area contributed by atoms with E-state index in [4.69, 9.17) is 5.73 Å². The molecule has 1 atom stereocenters. The molecule has 1 aromatic heterocycles. The van der Waals surface area contributed by atoms with Gasteiger partial charge < -0.3 is 10.6 Å². The topological polar surface area (TPSA) is 59.2 Å². The van der Waals surface area contributed by atoms with Gasteiger partial charge in [0.1, 0.15) is 0 Å². The Balaban J connectivity index is 2.51. The van der Waals surface area contributed by atoms with Gasteiger partial charge in [-0.25, -0.2) is 0 Å². The van der Waals surface area contributed by atoms with Gasteiger partial charge in [0.2, 0.25) is 5.91 Å². The van der Waals surface area contributed by atoms with Crippen LogP contribution in [0.1, 0.15) is 37.8 Å². The predicted molar refractivity (Wildman–Crippen MR) is 68.3 cm³/mol.